The van der Waals surface area contributed by atoms with Crippen molar-refractivity contribution in [2.24, 2.45) is 5.73 Å². The number of halogens is 4. The lowest BCUT2D eigenvalue weighted by atomic mass is 9.85. The number of rotatable bonds is 1. The fourth-order valence-corrected chi connectivity index (χ4v) is 2.39. The van der Waals surface area contributed by atoms with Crippen LogP contribution in [0.15, 0.2) is 12.1 Å². The standard InChI is InChI=1S/C12H15Cl4N/c1-11(2,3)8-4-7(6-17)10(13)9(5-8)12(14,15)16/h4-5H,6,17H2,1-3H3. The molecule has 96 valence electrons. The van der Waals surface area contributed by atoms with Crippen LogP contribution in [0.3, 0.4) is 0 Å². The zero-order valence-electron chi connectivity index (χ0n) is 9.95. The Morgan fingerprint density at radius 3 is 2.00 bits per heavy atom. The van der Waals surface area contributed by atoms with Crippen LogP contribution in [0, 0.1) is 0 Å². The van der Waals surface area contributed by atoms with Gasteiger partial charge in [-0.05, 0) is 22.6 Å². The van der Waals surface area contributed by atoms with E-state index in [2.05, 4.69) is 20.8 Å². The highest BCUT2D eigenvalue weighted by Gasteiger charge is 2.29. The van der Waals surface area contributed by atoms with Crippen LogP contribution in [0.1, 0.15) is 37.5 Å². The third-order valence-electron chi connectivity index (χ3n) is 2.54. The smallest absolute Gasteiger partial charge is 0.217 e. The third-order valence-corrected chi connectivity index (χ3v) is 3.60. The highest BCUT2D eigenvalue weighted by molar-refractivity contribution is 6.67. The monoisotopic (exact) mass is 313 g/mol. The van der Waals surface area contributed by atoms with E-state index in [0.29, 0.717) is 17.1 Å². The van der Waals surface area contributed by atoms with E-state index in [4.69, 9.17) is 52.1 Å². The Bertz CT molecular complexity index is 416. The Morgan fingerprint density at radius 1 is 1.12 bits per heavy atom. The minimum Gasteiger partial charge on any atom is -0.326 e. The van der Waals surface area contributed by atoms with Crippen molar-refractivity contribution in [3.05, 3.63) is 33.8 Å². The van der Waals surface area contributed by atoms with Gasteiger partial charge in [-0.2, -0.15) is 0 Å². The van der Waals surface area contributed by atoms with Crippen molar-refractivity contribution in [3.63, 3.8) is 0 Å². The molecule has 1 nitrogen and oxygen atoms in total. The van der Waals surface area contributed by atoms with Crippen molar-refractivity contribution >= 4 is 46.4 Å². The molecular weight excluding hydrogens is 300 g/mol. The minimum absolute atomic E-state index is 0.0564. The molecule has 1 rings (SSSR count). The Balaban J connectivity index is 3.50. The first-order valence-electron chi connectivity index (χ1n) is 5.17. The summed E-state index contributed by atoms with van der Waals surface area (Å²) in [7, 11) is 0. The van der Waals surface area contributed by atoms with Crippen molar-refractivity contribution < 1.29 is 0 Å². The lowest BCUT2D eigenvalue weighted by Crippen LogP contribution is -2.15. The Morgan fingerprint density at radius 2 is 1.65 bits per heavy atom. The van der Waals surface area contributed by atoms with E-state index in [1.165, 1.54) is 0 Å². The molecule has 0 aromatic heterocycles. The first-order valence-corrected chi connectivity index (χ1v) is 6.68. The fraction of sp³-hybridized carbons (Fsp3) is 0.500. The van der Waals surface area contributed by atoms with E-state index in [0.717, 1.165) is 11.1 Å². The summed E-state index contributed by atoms with van der Waals surface area (Å²) in [5.41, 5.74) is 7.93. The predicted octanol–water partition coefficient (Wildman–Crippen LogP) is 4.92. The van der Waals surface area contributed by atoms with Crippen LogP contribution in [0.25, 0.3) is 0 Å². The van der Waals surface area contributed by atoms with Gasteiger partial charge in [0, 0.05) is 12.1 Å². The van der Waals surface area contributed by atoms with Gasteiger partial charge in [0.25, 0.3) is 0 Å². The summed E-state index contributed by atoms with van der Waals surface area (Å²) >= 11 is 23.9. The van der Waals surface area contributed by atoms with Crippen molar-refractivity contribution in [3.8, 4) is 0 Å². The van der Waals surface area contributed by atoms with Gasteiger partial charge in [-0.1, -0.05) is 73.2 Å². The third kappa shape index (κ3) is 3.65. The molecular formula is C12H15Cl4N. The van der Waals surface area contributed by atoms with Gasteiger partial charge in [0.15, 0.2) is 0 Å². The van der Waals surface area contributed by atoms with Crippen molar-refractivity contribution in [2.75, 3.05) is 0 Å². The summed E-state index contributed by atoms with van der Waals surface area (Å²) in [6, 6.07) is 3.79. The summed E-state index contributed by atoms with van der Waals surface area (Å²) < 4.78 is -1.54. The van der Waals surface area contributed by atoms with Crippen LogP contribution in [0.2, 0.25) is 5.02 Å². The molecule has 5 heteroatoms. The average Bonchev–Trinajstić information content (AvgIpc) is 2.14. The maximum Gasteiger partial charge on any atom is 0.217 e. The normalized spacial score (nSPS) is 12.9. The van der Waals surface area contributed by atoms with E-state index in [1.54, 1.807) is 0 Å². The van der Waals surface area contributed by atoms with Crippen LogP contribution in [0.5, 0.6) is 0 Å². The first-order chi connectivity index (χ1) is 7.57. The van der Waals surface area contributed by atoms with Gasteiger partial charge < -0.3 is 5.73 Å². The highest BCUT2D eigenvalue weighted by Crippen LogP contribution is 2.44. The lowest BCUT2D eigenvalue weighted by Gasteiger charge is -2.24. The summed E-state index contributed by atoms with van der Waals surface area (Å²) in [6.45, 7) is 6.56. The van der Waals surface area contributed by atoms with Crippen LogP contribution in [-0.4, -0.2) is 0 Å². The lowest BCUT2D eigenvalue weighted by molar-refractivity contribution is 0.588. The van der Waals surface area contributed by atoms with Crippen LogP contribution in [-0.2, 0) is 15.8 Å². The molecule has 1 aromatic rings. The van der Waals surface area contributed by atoms with Gasteiger partial charge in [0.2, 0.25) is 3.79 Å². The van der Waals surface area contributed by atoms with Crippen molar-refractivity contribution in [2.45, 2.75) is 36.5 Å². The number of benzene rings is 1. The van der Waals surface area contributed by atoms with Crippen LogP contribution in [0.4, 0.5) is 0 Å². The average molecular weight is 315 g/mol. The Labute approximate surface area is 122 Å². The van der Waals surface area contributed by atoms with Gasteiger partial charge in [0.1, 0.15) is 0 Å². The van der Waals surface area contributed by atoms with Gasteiger partial charge in [0.05, 0.1) is 5.02 Å². The molecule has 0 amide bonds. The second-order valence-corrected chi connectivity index (χ2v) is 7.61. The Kier molecular flexibility index (Phi) is 4.66. The van der Waals surface area contributed by atoms with E-state index >= 15 is 0 Å². The number of alkyl halides is 3. The highest BCUT2D eigenvalue weighted by atomic mass is 35.6. The molecule has 0 fully saturated rings. The first kappa shape index (κ1) is 15.4. The topological polar surface area (TPSA) is 26.0 Å². The van der Waals surface area contributed by atoms with Gasteiger partial charge in [-0.3, -0.25) is 0 Å². The molecule has 0 saturated heterocycles. The second kappa shape index (κ2) is 5.14. The molecule has 0 aliphatic rings. The van der Waals surface area contributed by atoms with E-state index in [-0.39, 0.29) is 5.41 Å². The summed E-state index contributed by atoms with van der Waals surface area (Å²) in [5.74, 6) is 0. The van der Waals surface area contributed by atoms with E-state index in [1.807, 2.05) is 12.1 Å². The second-order valence-electron chi connectivity index (χ2n) is 4.95. The molecule has 0 aliphatic carbocycles. The maximum absolute atomic E-state index is 6.18. The zero-order chi connectivity index (χ0) is 13.4. The molecule has 0 bridgehead atoms. The van der Waals surface area contributed by atoms with E-state index in [9.17, 15) is 0 Å². The molecule has 0 atom stereocenters. The number of hydrogen-bond donors (Lipinski definition) is 1. The van der Waals surface area contributed by atoms with Gasteiger partial charge in [-0.15, -0.1) is 0 Å². The molecule has 0 radical (unpaired) electrons. The SMILES string of the molecule is CC(C)(C)c1cc(CN)c(Cl)c(C(Cl)(Cl)Cl)c1. The molecule has 1 aromatic carbocycles. The van der Waals surface area contributed by atoms with Crippen LogP contribution >= 0.6 is 46.4 Å². The van der Waals surface area contributed by atoms with E-state index < -0.39 is 3.79 Å². The summed E-state index contributed by atoms with van der Waals surface area (Å²) in [6.07, 6.45) is 0. The van der Waals surface area contributed by atoms with Gasteiger partial charge >= 0.3 is 0 Å². The van der Waals surface area contributed by atoms with Crippen molar-refractivity contribution in [1.29, 1.82) is 0 Å². The fourth-order valence-electron chi connectivity index (χ4n) is 1.47. The van der Waals surface area contributed by atoms with Gasteiger partial charge in [-0.25, -0.2) is 0 Å². The molecule has 0 heterocycles. The molecule has 0 spiro atoms. The predicted molar refractivity (Wildman–Crippen MR) is 77.3 cm³/mol. The minimum atomic E-state index is -1.54. The zero-order valence-corrected chi connectivity index (χ0v) is 13.0. The molecule has 0 unspecified atom stereocenters. The quantitative estimate of drug-likeness (QED) is 0.731. The molecule has 0 aliphatic heterocycles. The number of nitrogens with two attached hydrogens (primary N) is 1. The Hall–Kier alpha value is 0.340. The molecule has 2 N–H and O–H groups in total. The molecule has 0 saturated carbocycles. The largest absolute Gasteiger partial charge is 0.326 e. The summed E-state index contributed by atoms with van der Waals surface area (Å²) in [4.78, 5) is 0. The maximum atomic E-state index is 6.18. The molecule has 17 heavy (non-hydrogen) atoms. The van der Waals surface area contributed by atoms with Crippen LogP contribution < -0.4 is 5.73 Å². The number of hydrogen-bond acceptors (Lipinski definition) is 1. The van der Waals surface area contributed by atoms with Crippen molar-refractivity contribution in [1.82, 2.24) is 0 Å². The summed E-state index contributed by atoms with van der Waals surface area (Å²) in [5, 5.41) is 0.431.